The van der Waals surface area contributed by atoms with Crippen LogP contribution in [0.2, 0.25) is 0 Å². The van der Waals surface area contributed by atoms with Gasteiger partial charge in [-0.1, -0.05) is 20.8 Å². The van der Waals surface area contributed by atoms with Crippen molar-refractivity contribution < 1.29 is 19.1 Å². The first-order valence-corrected chi connectivity index (χ1v) is 9.89. The largest absolute Gasteiger partial charge is 0.381 e. The van der Waals surface area contributed by atoms with Crippen molar-refractivity contribution in [3.05, 3.63) is 0 Å². The molecule has 2 N–H and O–H groups in total. The first-order valence-electron chi connectivity index (χ1n) is 9.89. The summed E-state index contributed by atoms with van der Waals surface area (Å²) in [5, 5.41) is 5.69. The minimum Gasteiger partial charge on any atom is -0.381 e. The fourth-order valence-corrected chi connectivity index (χ4v) is 1.94. The van der Waals surface area contributed by atoms with Gasteiger partial charge in [0.2, 0.25) is 11.8 Å². The average molecular weight is 361 g/mol. The van der Waals surface area contributed by atoms with Gasteiger partial charge >= 0.3 is 0 Å². The summed E-state index contributed by atoms with van der Waals surface area (Å²) in [5.41, 5.74) is 0. The van der Waals surface area contributed by atoms with Crippen LogP contribution in [0.4, 0.5) is 0 Å². The SMILES string of the molecule is CC.CCOCC(=O)NCCCCCOCCCCCNC(=O)CC. The van der Waals surface area contributed by atoms with Crippen LogP contribution in [-0.2, 0) is 19.1 Å². The molecule has 0 aromatic rings. The number of ether oxygens (including phenoxy) is 2. The van der Waals surface area contributed by atoms with Gasteiger partial charge in [0.25, 0.3) is 0 Å². The summed E-state index contributed by atoms with van der Waals surface area (Å²) in [6, 6.07) is 0. The van der Waals surface area contributed by atoms with Crippen molar-refractivity contribution in [2.24, 2.45) is 0 Å². The van der Waals surface area contributed by atoms with Crippen LogP contribution in [0.1, 0.15) is 72.6 Å². The van der Waals surface area contributed by atoms with E-state index in [9.17, 15) is 9.59 Å². The molecule has 0 aliphatic carbocycles. The molecule has 0 bridgehead atoms. The highest BCUT2D eigenvalue weighted by Gasteiger charge is 1.99. The fourth-order valence-electron chi connectivity index (χ4n) is 1.94. The molecule has 0 saturated heterocycles. The first kappa shape index (κ1) is 26.1. The highest BCUT2D eigenvalue weighted by molar-refractivity contribution is 5.77. The van der Waals surface area contributed by atoms with Crippen LogP contribution in [0.3, 0.4) is 0 Å². The van der Waals surface area contributed by atoms with E-state index in [0.29, 0.717) is 19.6 Å². The van der Waals surface area contributed by atoms with E-state index >= 15 is 0 Å². The lowest BCUT2D eigenvalue weighted by Gasteiger charge is -2.06. The Bertz CT molecular complexity index is 299. The summed E-state index contributed by atoms with van der Waals surface area (Å²) in [4.78, 5) is 22.3. The number of amides is 2. The molecule has 0 aromatic heterocycles. The van der Waals surface area contributed by atoms with E-state index in [2.05, 4.69) is 10.6 Å². The van der Waals surface area contributed by atoms with E-state index in [4.69, 9.17) is 9.47 Å². The average Bonchev–Trinajstić information content (AvgIpc) is 2.65. The summed E-state index contributed by atoms with van der Waals surface area (Å²) in [7, 11) is 0. The third-order valence-electron chi connectivity index (χ3n) is 3.33. The third kappa shape index (κ3) is 22.9. The van der Waals surface area contributed by atoms with Crippen LogP contribution in [0.5, 0.6) is 0 Å². The second-order valence-corrected chi connectivity index (χ2v) is 5.42. The van der Waals surface area contributed by atoms with Gasteiger partial charge in [0.05, 0.1) is 0 Å². The zero-order chi connectivity index (χ0) is 19.2. The second-order valence-electron chi connectivity index (χ2n) is 5.42. The number of carbonyl (C=O) groups excluding carboxylic acids is 2. The molecule has 0 fully saturated rings. The second kappa shape index (κ2) is 22.9. The van der Waals surface area contributed by atoms with Crippen molar-refractivity contribution >= 4 is 11.8 Å². The van der Waals surface area contributed by atoms with Crippen LogP contribution < -0.4 is 10.6 Å². The number of nitrogens with one attached hydrogen (secondary N) is 2. The summed E-state index contributed by atoms with van der Waals surface area (Å²) in [6.07, 6.45) is 6.73. The molecule has 25 heavy (non-hydrogen) atoms. The number of rotatable bonds is 16. The van der Waals surface area contributed by atoms with Crippen LogP contribution in [0.25, 0.3) is 0 Å². The van der Waals surface area contributed by atoms with Crippen LogP contribution >= 0.6 is 0 Å². The number of unbranched alkanes of at least 4 members (excludes halogenated alkanes) is 4. The summed E-state index contributed by atoms with van der Waals surface area (Å²) >= 11 is 0. The van der Waals surface area contributed by atoms with Crippen molar-refractivity contribution in [1.82, 2.24) is 10.6 Å². The summed E-state index contributed by atoms with van der Waals surface area (Å²) in [5.74, 6) is 0.0774. The predicted octanol–water partition coefficient (Wildman–Crippen LogP) is 3.05. The topological polar surface area (TPSA) is 76.7 Å². The highest BCUT2D eigenvalue weighted by atomic mass is 16.5. The van der Waals surface area contributed by atoms with Crippen molar-refractivity contribution in [3.63, 3.8) is 0 Å². The number of carbonyl (C=O) groups is 2. The first-order chi connectivity index (χ1) is 12.2. The normalized spacial score (nSPS) is 9.92. The Kier molecular flexibility index (Phi) is 23.9. The molecular formula is C19H40N2O4. The fraction of sp³-hybridized carbons (Fsp3) is 0.895. The molecule has 6 heteroatoms. The van der Waals surface area contributed by atoms with Gasteiger partial charge in [-0.2, -0.15) is 0 Å². The number of hydrogen-bond acceptors (Lipinski definition) is 4. The van der Waals surface area contributed by atoms with E-state index < -0.39 is 0 Å². The molecule has 2 amide bonds. The van der Waals surface area contributed by atoms with Crippen LogP contribution in [0.15, 0.2) is 0 Å². The third-order valence-corrected chi connectivity index (χ3v) is 3.33. The van der Waals surface area contributed by atoms with E-state index in [-0.39, 0.29) is 18.4 Å². The highest BCUT2D eigenvalue weighted by Crippen LogP contribution is 1.98. The van der Waals surface area contributed by atoms with Crippen molar-refractivity contribution in [1.29, 1.82) is 0 Å². The Morgan fingerprint density at radius 1 is 0.720 bits per heavy atom. The summed E-state index contributed by atoms with van der Waals surface area (Å²) < 4.78 is 10.6. The molecule has 6 nitrogen and oxygen atoms in total. The molecule has 0 unspecified atom stereocenters. The summed E-state index contributed by atoms with van der Waals surface area (Å²) in [6.45, 7) is 11.5. The molecule has 0 atom stereocenters. The maximum Gasteiger partial charge on any atom is 0.245 e. The van der Waals surface area contributed by atoms with Crippen molar-refractivity contribution in [2.45, 2.75) is 72.6 Å². The van der Waals surface area contributed by atoms with Gasteiger partial charge < -0.3 is 20.1 Å². The van der Waals surface area contributed by atoms with Gasteiger partial charge in [-0.15, -0.1) is 0 Å². The molecule has 0 heterocycles. The van der Waals surface area contributed by atoms with E-state index in [1.165, 1.54) is 0 Å². The van der Waals surface area contributed by atoms with Crippen molar-refractivity contribution in [3.8, 4) is 0 Å². The van der Waals surface area contributed by atoms with E-state index in [1.807, 2.05) is 27.7 Å². The van der Waals surface area contributed by atoms with Crippen molar-refractivity contribution in [2.75, 3.05) is 39.5 Å². The van der Waals surface area contributed by atoms with Gasteiger partial charge in [-0.05, 0) is 45.4 Å². The quantitative estimate of drug-likeness (QED) is 0.415. The minimum absolute atomic E-state index is 0.0433. The Labute approximate surface area is 154 Å². The van der Waals surface area contributed by atoms with Gasteiger partial charge in [-0.25, -0.2) is 0 Å². The smallest absolute Gasteiger partial charge is 0.245 e. The number of hydrogen-bond donors (Lipinski definition) is 2. The van der Waals surface area contributed by atoms with Gasteiger partial charge in [-0.3, -0.25) is 9.59 Å². The Morgan fingerprint density at radius 3 is 1.72 bits per heavy atom. The maximum atomic E-state index is 11.3. The maximum absolute atomic E-state index is 11.3. The zero-order valence-corrected chi connectivity index (χ0v) is 16.8. The molecular weight excluding hydrogens is 320 g/mol. The van der Waals surface area contributed by atoms with Gasteiger partial charge in [0.1, 0.15) is 6.61 Å². The van der Waals surface area contributed by atoms with E-state index in [1.54, 1.807) is 0 Å². The monoisotopic (exact) mass is 360 g/mol. The lowest BCUT2D eigenvalue weighted by Crippen LogP contribution is -2.28. The Morgan fingerprint density at radius 2 is 1.24 bits per heavy atom. The van der Waals surface area contributed by atoms with E-state index in [0.717, 1.165) is 58.3 Å². The molecule has 0 radical (unpaired) electrons. The lowest BCUT2D eigenvalue weighted by atomic mass is 10.2. The zero-order valence-electron chi connectivity index (χ0n) is 16.8. The van der Waals surface area contributed by atoms with Crippen LogP contribution in [-0.4, -0.2) is 51.3 Å². The molecule has 0 spiro atoms. The molecule has 0 aromatic carbocycles. The standard InChI is InChI=1S/C17H34N2O4.C2H6/c1-3-16(20)18-11-7-5-9-13-23-14-10-6-8-12-19-17(21)15-22-4-2;1-2/h3-15H2,1-2H3,(H,18,20)(H,19,21);1-2H3. The molecule has 0 aliphatic heterocycles. The molecule has 0 rings (SSSR count). The minimum atomic E-state index is -0.0433. The van der Waals surface area contributed by atoms with Gasteiger partial charge in [0.15, 0.2) is 0 Å². The van der Waals surface area contributed by atoms with Crippen LogP contribution in [0, 0.1) is 0 Å². The van der Waals surface area contributed by atoms with Gasteiger partial charge in [0, 0.05) is 39.3 Å². The lowest BCUT2D eigenvalue weighted by molar-refractivity contribution is -0.125. The molecule has 0 saturated carbocycles. The molecule has 150 valence electrons. The molecule has 0 aliphatic rings. The predicted molar refractivity (Wildman–Crippen MR) is 103 cm³/mol. The Hall–Kier alpha value is -1.14. The Balaban J connectivity index is 0.